The van der Waals surface area contributed by atoms with E-state index >= 15 is 0 Å². The highest BCUT2D eigenvalue weighted by Gasteiger charge is 2.20. The molecular formula is C28H28N10. The average Bonchev–Trinajstić information content (AvgIpc) is 3.53. The molecule has 5 aromatic heterocycles. The maximum absolute atomic E-state index is 4.69. The summed E-state index contributed by atoms with van der Waals surface area (Å²) in [6, 6.07) is 12.1. The van der Waals surface area contributed by atoms with Crippen LogP contribution in [0.3, 0.4) is 0 Å². The third-order valence-electron chi connectivity index (χ3n) is 6.57. The van der Waals surface area contributed by atoms with E-state index in [1.54, 1.807) is 12.5 Å². The molecule has 190 valence electrons. The fraction of sp³-hybridized carbons (Fsp3) is 0.214. The van der Waals surface area contributed by atoms with Crippen LogP contribution in [0.25, 0.3) is 33.2 Å². The second-order valence-corrected chi connectivity index (χ2v) is 10.3. The Kier molecular flexibility index (Phi) is 5.52. The largest absolute Gasteiger partial charge is 0.339 e. The average molecular weight is 505 g/mol. The van der Waals surface area contributed by atoms with Gasteiger partial charge in [-0.1, -0.05) is 32.9 Å². The number of nitrogens with zero attached hydrogens (tertiary/aromatic N) is 7. The predicted molar refractivity (Wildman–Crippen MR) is 150 cm³/mol. The van der Waals surface area contributed by atoms with Crippen LogP contribution in [0, 0.1) is 6.92 Å². The number of anilines is 4. The smallest absolute Gasteiger partial charge is 0.161 e. The first-order valence-corrected chi connectivity index (χ1v) is 12.4. The molecule has 0 amide bonds. The van der Waals surface area contributed by atoms with Crippen LogP contribution in [-0.4, -0.2) is 39.7 Å². The van der Waals surface area contributed by atoms with E-state index in [0.717, 1.165) is 44.9 Å². The first-order valence-electron chi connectivity index (χ1n) is 12.4. The van der Waals surface area contributed by atoms with Gasteiger partial charge in [-0.2, -0.15) is 5.10 Å². The van der Waals surface area contributed by atoms with E-state index in [0.29, 0.717) is 22.7 Å². The number of pyridine rings is 2. The minimum atomic E-state index is -0.0520. The Morgan fingerprint density at radius 1 is 0.868 bits per heavy atom. The van der Waals surface area contributed by atoms with Crippen LogP contribution < -0.4 is 10.6 Å². The number of H-pyrrole nitrogens is 1. The highest BCUT2D eigenvalue weighted by atomic mass is 15.3. The van der Waals surface area contributed by atoms with Crippen molar-refractivity contribution in [1.29, 1.82) is 0 Å². The van der Waals surface area contributed by atoms with Crippen molar-refractivity contribution in [2.45, 2.75) is 33.1 Å². The molecule has 5 heterocycles. The van der Waals surface area contributed by atoms with Crippen LogP contribution in [0.2, 0.25) is 0 Å². The summed E-state index contributed by atoms with van der Waals surface area (Å²) in [5.74, 6) is 2.31. The lowest BCUT2D eigenvalue weighted by atomic mass is 9.92. The second kappa shape index (κ2) is 8.91. The Balaban J connectivity index is 1.42. The molecule has 0 bridgehead atoms. The van der Waals surface area contributed by atoms with E-state index in [1.807, 2.05) is 36.1 Å². The zero-order valence-corrected chi connectivity index (χ0v) is 21.9. The van der Waals surface area contributed by atoms with Crippen molar-refractivity contribution in [2.75, 3.05) is 10.6 Å². The zero-order valence-electron chi connectivity index (χ0n) is 21.9. The van der Waals surface area contributed by atoms with Crippen molar-refractivity contribution in [3.63, 3.8) is 0 Å². The molecule has 3 N–H and O–H groups in total. The number of aromatic nitrogens is 8. The van der Waals surface area contributed by atoms with Crippen molar-refractivity contribution in [2.24, 2.45) is 7.05 Å². The molecule has 0 radical (unpaired) electrons. The predicted octanol–water partition coefficient (Wildman–Crippen LogP) is 5.79. The van der Waals surface area contributed by atoms with Gasteiger partial charge in [-0.15, -0.1) is 0 Å². The minimum absolute atomic E-state index is 0.0520. The van der Waals surface area contributed by atoms with Crippen molar-refractivity contribution < 1.29 is 0 Å². The van der Waals surface area contributed by atoms with Crippen molar-refractivity contribution in [3.05, 3.63) is 72.7 Å². The van der Waals surface area contributed by atoms with E-state index < -0.39 is 0 Å². The van der Waals surface area contributed by atoms with E-state index in [4.69, 9.17) is 0 Å². The summed E-state index contributed by atoms with van der Waals surface area (Å²) in [5.41, 5.74) is 5.90. The van der Waals surface area contributed by atoms with Gasteiger partial charge in [0.25, 0.3) is 0 Å². The van der Waals surface area contributed by atoms with Crippen molar-refractivity contribution in [3.8, 4) is 11.3 Å². The molecule has 10 heteroatoms. The molecule has 1 aromatic carbocycles. The summed E-state index contributed by atoms with van der Waals surface area (Å²) < 4.78 is 1.85. The second-order valence-electron chi connectivity index (χ2n) is 10.3. The number of aromatic amines is 1. The molecule has 10 nitrogen and oxygen atoms in total. The van der Waals surface area contributed by atoms with Crippen molar-refractivity contribution in [1.82, 2.24) is 39.7 Å². The highest BCUT2D eigenvalue weighted by molar-refractivity contribution is 6.03. The molecule has 38 heavy (non-hydrogen) atoms. The van der Waals surface area contributed by atoms with Gasteiger partial charge in [0.2, 0.25) is 0 Å². The molecule has 0 fully saturated rings. The summed E-state index contributed by atoms with van der Waals surface area (Å²) in [5, 5.41) is 13.8. The van der Waals surface area contributed by atoms with Gasteiger partial charge in [0, 0.05) is 47.3 Å². The van der Waals surface area contributed by atoms with Crippen LogP contribution in [0.5, 0.6) is 0 Å². The van der Waals surface area contributed by atoms with Gasteiger partial charge >= 0.3 is 0 Å². The maximum atomic E-state index is 4.69. The van der Waals surface area contributed by atoms with Gasteiger partial charge in [0.15, 0.2) is 5.65 Å². The number of fused-ring (bicyclic) bond motifs is 2. The fourth-order valence-corrected chi connectivity index (χ4v) is 4.48. The lowest BCUT2D eigenvalue weighted by Gasteiger charge is -2.16. The fourth-order valence-electron chi connectivity index (χ4n) is 4.48. The quantitative estimate of drug-likeness (QED) is 0.270. The first-order chi connectivity index (χ1) is 18.3. The molecule has 0 atom stereocenters. The van der Waals surface area contributed by atoms with Gasteiger partial charge in [-0.25, -0.2) is 24.9 Å². The number of hydrogen-bond acceptors (Lipinski definition) is 8. The molecule has 0 unspecified atom stereocenters. The Hall–Kier alpha value is -4.86. The number of aryl methyl sites for hydroxylation is 2. The minimum Gasteiger partial charge on any atom is -0.339 e. The summed E-state index contributed by atoms with van der Waals surface area (Å²) >= 11 is 0. The molecule has 0 aliphatic heterocycles. The SMILES string of the molecule is Cc1ccc2c(Nc3cc(C(C)(C)C)nn3C)nccc2c1Nc1ncccc1-c1ncnc2[nH]cnc12. The molecule has 0 aliphatic rings. The summed E-state index contributed by atoms with van der Waals surface area (Å²) in [4.78, 5) is 25.6. The van der Waals surface area contributed by atoms with Crippen LogP contribution in [-0.2, 0) is 12.5 Å². The molecule has 0 aliphatic carbocycles. The highest BCUT2D eigenvalue weighted by Crippen LogP contribution is 2.36. The zero-order chi connectivity index (χ0) is 26.4. The number of hydrogen-bond donors (Lipinski definition) is 3. The van der Waals surface area contributed by atoms with E-state index in [1.165, 1.54) is 6.33 Å². The number of imidazole rings is 1. The molecule has 6 rings (SSSR count). The van der Waals surface area contributed by atoms with Crippen molar-refractivity contribution >= 4 is 45.1 Å². The molecule has 0 saturated heterocycles. The Morgan fingerprint density at radius 2 is 1.71 bits per heavy atom. The lowest BCUT2D eigenvalue weighted by Crippen LogP contribution is -2.12. The topological polar surface area (TPSA) is 122 Å². The molecule has 0 spiro atoms. The van der Waals surface area contributed by atoms with E-state index in [2.05, 4.69) is 91.5 Å². The van der Waals surface area contributed by atoms with Gasteiger partial charge in [0.1, 0.15) is 35.0 Å². The van der Waals surface area contributed by atoms with Crippen LogP contribution in [0.15, 0.2) is 61.4 Å². The normalized spacial score (nSPS) is 11.8. The molecule has 0 saturated carbocycles. The summed E-state index contributed by atoms with van der Waals surface area (Å²) in [6.07, 6.45) is 6.73. The van der Waals surface area contributed by atoms with Gasteiger partial charge < -0.3 is 15.6 Å². The van der Waals surface area contributed by atoms with Crippen LogP contribution in [0.1, 0.15) is 32.0 Å². The number of benzene rings is 1. The Labute approximate surface area is 219 Å². The monoisotopic (exact) mass is 504 g/mol. The third kappa shape index (κ3) is 4.09. The lowest BCUT2D eigenvalue weighted by molar-refractivity contribution is 0.553. The summed E-state index contributed by atoms with van der Waals surface area (Å²) in [7, 11) is 1.94. The summed E-state index contributed by atoms with van der Waals surface area (Å²) in [6.45, 7) is 8.53. The molecule has 6 aromatic rings. The van der Waals surface area contributed by atoms with Gasteiger partial charge in [-0.3, -0.25) is 4.68 Å². The van der Waals surface area contributed by atoms with Crippen LogP contribution >= 0.6 is 0 Å². The maximum Gasteiger partial charge on any atom is 0.161 e. The van der Waals surface area contributed by atoms with Gasteiger partial charge in [-0.05, 0) is 30.7 Å². The number of nitrogens with one attached hydrogen (secondary N) is 3. The third-order valence-corrected chi connectivity index (χ3v) is 6.57. The standard InChI is InChI=1S/C28H28N10/c1-16-8-9-18-17(10-12-30-25(18)35-21-13-20(28(2,3)4)37-38(21)5)22(16)36-26-19(7-6-11-29-26)23-24-27(33-14-31-23)34-15-32-24/h6-15H,1-5H3,(H,29,36)(H,30,35)(H,31,32,33,34). The van der Waals surface area contributed by atoms with E-state index in [-0.39, 0.29) is 5.41 Å². The Morgan fingerprint density at radius 3 is 2.53 bits per heavy atom. The Bertz CT molecular complexity index is 1790. The first kappa shape index (κ1) is 23.5. The number of rotatable bonds is 5. The molecular weight excluding hydrogens is 476 g/mol. The van der Waals surface area contributed by atoms with Crippen LogP contribution in [0.4, 0.5) is 23.1 Å². The van der Waals surface area contributed by atoms with E-state index in [9.17, 15) is 0 Å². The van der Waals surface area contributed by atoms with Gasteiger partial charge in [0.05, 0.1) is 17.7 Å².